The van der Waals surface area contributed by atoms with E-state index < -0.39 is 0 Å². The summed E-state index contributed by atoms with van der Waals surface area (Å²) < 4.78 is 0. The quantitative estimate of drug-likeness (QED) is 0.772. The van der Waals surface area contributed by atoms with E-state index in [0.717, 1.165) is 24.4 Å². The van der Waals surface area contributed by atoms with Crippen LogP contribution in [-0.4, -0.2) is 11.5 Å². The van der Waals surface area contributed by atoms with Gasteiger partial charge in [-0.25, -0.2) is 4.98 Å². The molecule has 1 aromatic carbocycles. The molecule has 114 valence electrons. The Labute approximate surface area is 132 Å². The molecule has 0 bridgehead atoms. The highest BCUT2D eigenvalue weighted by molar-refractivity contribution is 7.15. The Morgan fingerprint density at radius 2 is 1.86 bits per heavy atom. The molecule has 0 aliphatic heterocycles. The first-order valence-corrected chi connectivity index (χ1v) is 8.70. The van der Waals surface area contributed by atoms with Gasteiger partial charge in [0.15, 0.2) is 0 Å². The van der Waals surface area contributed by atoms with Crippen LogP contribution in [0.5, 0.6) is 0 Å². The molecule has 2 nitrogen and oxygen atoms in total. The number of benzene rings is 1. The van der Waals surface area contributed by atoms with Gasteiger partial charge in [0.1, 0.15) is 5.01 Å². The number of nitrogens with zero attached hydrogens (tertiary/aromatic N) is 1. The first-order valence-electron chi connectivity index (χ1n) is 7.88. The van der Waals surface area contributed by atoms with Gasteiger partial charge in [-0.1, -0.05) is 45.0 Å². The lowest BCUT2D eigenvalue weighted by atomic mass is 10.0. The van der Waals surface area contributed by atoms with Gasteiger partial charge in [-0.3, -0.25) is 0 Å². The van der Waals surface area contributed by atoms with E-state index in [1.807, 2.05) is 6.20 Å². The van der Waals surface area contributed by atoms with Crippen LogP contribution in [0.15, 0.2) is 30.5 Å². The van der Waals surface area contributed by atoms with E-state index in [9.17, 15) is 0 Å². The van der Waals surface area contributed by atoms with E-state index in [-0.39, 0.29) is 0 Å². The number of thiazole rings is 1. The van der Waals surface area contributed by atoms with Crippen molar-refractivity contribution in [3.8, 4) is 10.6 Å². The molecule has 0 saturated heterocycles. The van der Waals surface area contributed by atoms with Crippen molar-refractivity contribution in [1.29, 1.82) is 0 Å². The summed E-state index contributed by atoms with van der Waals surface area (Å²) in [5.74, 6) is 0.702. The summed E-state index contributed by atoms with van der Waals surface area (Å²) in [5, 5.41) is 4.63. The van der Waals surface area contributed by atoms with E-state index in [2.05, 4.69) is 62.3 Å². The van der Waals surface area contributed by atoms with E-state index in [1.54, 1.807) is 11.3 Å². The van der Waals surface area contributed by atoms with Crippen LogP contribution in [0.4, 0.5) is 0 Å². The summed E-state index contributed by atoms with van der Waals surface area (Å²) >= 11 is 1.79. The highest BCUT2D eigenvalue weighted by atomic mass is 32.1. The molecule has 1 N–H and O–H groups in total. The third kappa shape index (κ3) is 4.65. The average Bonchev–Trinajstić information content (AvgIpc) is 2.95. The van der Waals surface area contributed by atoms with Crippen LogP contribution in [0.2, 0.25) is 0 Å². The van der Waals surface area contributed by atoms with Crippen molar-refractivity contribution < 1.29 is 0 Å². The lowest BCUT2D eigenvalue weighted by Gasteiger charge is -2.09. The van der Waals surface area contributed by atoms with Crippen molar-refractivity contribution in [2.45, 2.75) is 46.6 Å². The average molecular weight is 302 g/mol. The third-order valence-corrected chi connectivity index (χ3v) is 4.72. The maximum absolute atomic E-state index is 4.58. The lowest BCUT2D eigenvalue weighted by molar-refractivity contribution is 0.577. The number of hydrogen-bond acceptors (Lipinski definition) is 3. The normalized spacial score (nSPS) is 12.8. The maximum Gasteiger partial charge on any atom is 0.123 e. The van der Waals surface area contributed by atoms with Gasteiger partial charge in [-0.2, -0.15) is 0 Å². The zero-order chi connectivity index (χ0) is 15.2. The molecule has 0 fully saturated rings. The SMILES string of the molecule is CCCNC(C)c1cnc(-c2ccc(CC(C)C)cc2)s1. The fraction of sp³-hybridized carbons (Fsp3) is 0.500. The van der Waals surface area contributed by atoms with Gasteiger partial charge in [-0.15, -0.1) is 11.3 Å². The molecule has 0 aliphatic carbocycles. The van der Waals surface area contributed by atoms with E-state index in [1.165, 1.54) is 16.0 Å². The molecule has 0 saturated carbocycles. The molecule has 3 heteroatoms. The first kappa shape index (κ1) is 16.2. The molecule has 2 aromatic rings. The molecule has 1 unspecified atom stereocenters. The first-order chi connectivity index (χ1) is 10.1. The number of hydrogen-bond donors (Lipinski definition) is 1. The summed E-state index contributed by atoms with van der Waals surface area (Å²) in [6.45, 7) is 9.96. The van der Waals surface area contributed by atoms with Gasteiger partial charge in [0, 0.05) is 22.7 Å². The second kappa shape index (κ2) is 7.71. The second-order valence-corrected chi connectivity index (χ2v) is 7.10. The van der Waals surface area contributed by atoms with Crippen molar-refractivity contribution >= 4 is 11.3 Å². The summed E-state index contributed by atoms with van der Waals surface area (Å²) in [5.41, 5.74) is 2.63. The minimum Gasteiger partial charge on any atom is -0.309 e. The topological polar surface area (TPSA) is 24.9 Å². The molecular weight excluding hydrogens is 276 g/mol. The Bertz CT molecular complexity index is 543. The summed E-state index contributed by atoms with van der Waals surface area (Å²) in [6.07, 6.45) is 4.31. The number of rotatable bonds is 7. The zero-order valence-electron chi connectivity index (χ0n) is 13.5. The van der Waals surface area contributed by atoms with Crippen LogP contribution in [-0.2, 0) is 6.42 Å². The van der Waals surface area contributed by atoms with E-state index >= 15 is 0 Å². The lowest BCUT2D eigenvalue weighted by Crippen LogP contribution is -2.18. The third-order valence-electron chi connectivity index (χ3n) is 3.50. The van der Waals surface area contributed by atoms with Crippen LogP contribution in [0.3, 0.4) is 0 Å². The fourth-order valence-corrected chi connectivity index (χ4v) is 3.28. The Morgan fingerprint density at radius 3 is 2.48 bits per heavy atom. The van der Waals surface area contributed by atoms with Gasteiger partial charge in [0.25, 0.3) is 0 Å². The minimum atomic E-state index is 0.386. The second-order valence-electron chi connectivity index (χ2n) is 6.04. The molecule has 2 rings (SSSR count). The van der Waals surface area contributed by atoms with E-state index in [0.29, 0.717) is 12.0 Å². The van der Waals surface area contributed by atoms with Gasteiger partial charge < -0.3 is 5.32 Å². The largest absolute Gasteiger partial charge is 0.309 e. The monoisotopic (exact) mass is 302 g/mol. The summed E-state index contributed by atoms with van der Waals surface area (Å²) in [6, 6.07) is 9.25. The summed E-state index contributed by atoms with van der Waals surface area (Å²) in [7, 11) is 0. The standard InChI is InChI=1S/C18H26N2S/c1-5-10-19-14(4)17-12-20-18(21-17)16-8-6-15(7-9-16)11-13(2)3/h6-9,12-14,19H,5,10-11H2,1-4H3. The van der Waals surface area contributed by atoms with Gasteiger partial charge >= 0.3 is 0 Å². The number of aromatic nitrogens is 1. The van der Waals surface area contributed by atoms with Crippen molar-refractivity contribution in [3.05, 3.63) is 40.9 Å². The predicted octanol–water partition coefficient (Wildman–Crippen LogP) is 5.07. The van der Waals surface area contributed by atoms with Crippen molar-refractivity contribution in [2.24, 2.45) is 5.92 Å². The van der Waals surface area contributed by atoms with E-state index in [4.69, 9.17) is 0 Å². The Morgan fingerprint density at radius 1 is 1.14 bits per heavy atom. The zero-order valence-corrected chi connectivity index (χ0v) is 14.3. The molecule has 0 amide bonds. The van der Waals surface area contributed by atoms with Crippen LogP contribution in [0.1, 0.15) is 50.6 Å². The van der Waals surface area contributed by atoms with Gasteiger partial charge in [0.05, 0.1) is 0 Å². The van der Waals surface area contributed by atoms with Gasteiger partial charge in [-0.05, 0) is 37.8 Å². The molecular formula is C18H26N2S. The molecule has 1 atom stereocenters. The molecule has 21 heavy (non-hydrogen) atoms. The van der Waals surface area contributed by atoms with Crippen molar-refractivity contribution in [1.82, 2.24) is 10.3 Å². The summed E-state index contributed by atoms with van der Waals surface area (Å²) in [4.78, 5) is 5.89. The van der Waals surface area contributed by atoms with Gasteiger partial charge in [0.2, 0.25) is 0 Å². The highest BCUT2D eigenvalue weighted by Gasteiger charge is 2.10. The Hall–Kier alpha value is -1.19. The molecule has 1 aromatic heterocycles. The molecule has 0 spiro atoms. The van der Waals surface area contributed by atoms with Crippen LogP contribution < -0.4 is 5.32 Å². The van der Waals surface area contributed by atoms with Crippen LogP contribution in [0, 0.1) is 5.92 Å². The van der Waals surface area contributed by atoms with Crippen molar-refractivity contribution in [3.63, 3.8) is 0 Å². The Kier molecular flexibility index (Phi) is 5.95. The van der Waals surface area contributed by atoms with Crippen LogP contribution >= 0.6 is 11.3 Å². The van der Waals surface area contributed by atoms with Crippen molar-refractivity contribution in [2.75, 3.05) is 6.54 Å². The molecule has 0 aliphatic rings. The molecule has 0 radical (unpaired) electrons. The molecule has 1 heterocycles. The fourth-order valence-electron chi connectivity index (χ4n) is 2.34. The maximum atomic E-state index is 4.58. The number of nitrogens with one attached hydrogen (secondary N) is 1. The highest BCUT2D eigenvalue weighted by Crippen LogP contribution is 2.29. The smallest absolute Gasteiger partial charge is 0.123 e. The Balaban J connectivity index is 2.06. The minimum absolute atomic E-state index is 0.386. The predicted molar refractivity (Wildman–Crippen MR) is 92.8 cm³/mol. The van der Waals surface area contributed by atoms with Crippen LogP contribution in [0.25, 0.3) is 10.6 Å².